The fourth-order valence-electron chi connectivity index (χ4n) is 3.71. The fraction of sp³-hybridized carbons (Fsp3) is 0.500. The zero-order valence-electron chi connectivity index (χ0n) is 15.6. The first kappa shape index (κ1) is 17.7. The van der Waals surface area contributed by atoms with Crippen molar-refractivity contribution in [1.82, 2.24) is 25.0 Å². The number of hydrogen-bond donors (Lipinski definition) is 1. The lowest BCUT2D eigenvalue weighted by Crippen LogP contribution is -2.56. The third kappa shape index (κ3) is 3.59. The van der Waals surface area contributed by atoms with Gasteiger partial charge in [0.25, 0.3) is 5.91 Å². The summed E-state index contributed by atoms with van der Waals surface area (Å²) in [5.74, 6) is 0.558. The molecule has 0 radical (unpaired) electrons. The minimum Gasteiger partial charge on any atom is -0.354 e. The number of aryl methyl sites for hydroxylation is 1. The van der Waals surface area contributed by atoms with Gasteiger partial charge in [-0.2, -0.15) is 5.10 Å². The molecule has 0 bridgehead atoms. The second-order valence-electron chi connectivity index (χ2n) is 7.59. The summed E-state index contributed by atoms with van der Waals surface area (Å²) in [5.41, 5.74) is 0.554. The minimum absolute atomic E-state index is 0.0129. The monoisotopic (exact) mass is 367 g/mol. The van der Waals surface area contributed by atoms with Crippen LogP contribution in [0.1, 0.15) is 41.9 Å². The summed E-state index contributed by atoms with van der Waals surface area (Å²) in [6.07, 6.45) is 7.02. The van der Waals surface area contributed by atoms with E-state index in [2.05, 4.69) is 15.4 Å². The van der Waals surface area contributed by atoms with Crippen LogP contribution in [0.5, 0.6) is 0 Å². The number of amides is 2. The molecule has 2 aromatic heterocycles. The van der Waals surface area contributed by atoms with Gasteiger partial charge in [0.1, 0.15) is 11.2 Å². The van der Waals surface area contributed by atoms with Gasteiger partial charge >= 0.3 is 0 Å². The average molecular weight is 367 g/mol. The summed E-state index contributed by atoms with van der Waals surface area (Å²) in [4.78, 5) is 32.0. The van der Waals surface area contributed by atoms with E-state index in [1.165, 1.54) is 12.8 Å². The maximum atomic E-state index is 13.1. The molecule has 1 N–H and O–H groups in total. The van der Waals surface area contributed by atoms with Crippen LogP contribution in [0, 0.1) is 12.8 Å². The standard InChI is InChI=1S/C20H25N5O2/c1-15-4-2-5-17(23-15)18(26)24-12-8-20(9-13-24,25-11-3-10-22-25)19(27)21-14-16-6-7-16/h2-5,10-11,16H,6-9,12-14H2,1H3,(H,21,27). The Morgan fingerprint density at radius 3 is 2.63 bits per heavy atom. The van der Waals surface area contributed by atoms with Crippen LogP contribution in [0.3, 0.4) is 0 Å². The van der Waals surface area contributed by atoms with Crippen LogP contribution in [-0.4, -0.2) is 51.1 Å². The summed E-state index contributed by atoms with van der Waals surface area (Å²) in [6, 6.07) is 7.30. The highest BCUT2D eigenvalue weighted by atomic mass is 16.2. The van der Waals surface area contributed by atoms with Gasteiger partial charge in [-0.05, 0) is 56.7 Å². The Hall–Kier alpha value is -2.70. The smallest absolute Gasteiger partial charge is 0.272 e. The molecule has 2 fully saturated rings. The quantitative estimate of drug-likeness (QED) is 0.873. The van der Waals surface area contributed by atoms with E-state index in [4.69, 9.17) is 0 Å². The molecule has 0 unspecified atom stereocenters. The Labute approximate surface area is 158 Å². The molecule has 1 saturated carbocycles. The van der Waals surface area contributed by atoms with E-state index in [1.54, 1.807) is 21.8 Å². The van der Waals surface area contributed by atoms with Crippen molar-refractivity contribution in [1.29, 1.82) is 0 Å². The first-order chi connectivity index (χ1) is 13.1. The Morgan fingerprint density at radius 2 is 2.00 bits per heavy atom. The molecule has 7 heteroatoms. The first-order valence-electron chi connectivity index (χ1n) is 9.60. The van der Waals surface area contributed by atoms with Gasteiger partial charge in [0.05, 0.1) is 0 Å². The first-order valence-corrected chi connectivity index (χ1v) is 9.60. The number of pyridine rings is 1. The Kier molecular flexibility index (Phi) is 4.68. The molecule has 2 aromatic rings. The van der Waals surface area contributed by atoms with Gasteiger partial charge in [0.2, 0.25) is 5.91 Å². The van der Waals surface area contributed by atoms with Crippen molar-refractivity contribution in [2.24, 2.45) is 5.92 Å². The van der Waals surface area contributed by atoms with E-state index in [1.807, 2.05) is 31.3 Å². The van der Waals surface area contributed by atoms with Crippen LogP contribution in [0.2, 0.25) is 0 Å². The normalized spacial score (nSPS) is 18.9. The minimum atomic E-state index is -0.727. The van der Waals surface area contributed by atoms with Crippen molar-refractivity contribution in [2.45, 2.75) is 38.1 Å². The van der Waals surface area contributed by atoms with Crippen LogP contribution >= 0.6 is 0 Å². The topological polar surface area (TPSA) is 80.1 Å². The molecular formula is C20H25N5O2. The van der Waals surface area contributed by atoms with Crippen LogP contribution in [0.25, 0.3) is 0 Å². The van der Waals surface area contributed by atoms with Crippen molar-refractivity contribution < 1.29 is 9.59 Å². The summed E-state index contributed by atoms with van der Waals surface area (Å²) < 4.78 is 1.77. The van der Waals surface area contributed by atoms with E-state index in [9.17, 15) is 9.59 Å². The summed E-state index contributed by atoms with van der Waals surface area (Å²) >= 11 is 0. The van der Waals surface area contributed by atoms with Gasteiger partial charge in [-0.3, -0.25) is 14.3 Å². The lowest BCUT2D eigenvalue weighted by Gasteiger charge is -2.40. The predicted octanol–water partition coefficient (Wildman–Crippen LogP) is 1.74. The molecule has 1 saturated heterocycles. The molecule has 0 atom stereocenters. The molecule has 2 amide bonds. The Balaban J connectivity index is 1.49. The Morgan fingerprint density at radius 1 is 1.22 bits per heavy atom. The van der Waals surface area contributed by atoms with Gasteiger partial charge in [-0.15, -0.1) is 0 Å². The fourth-order valence-corrected chi connectivity index (χ4v) is 3.71. The number of rotatable bonds is 5. The second kappa shape index (κ2) is 7.13. The van der Waals surface area contributed by atoms with Crippen LogP contribution in [-0.2, 0) is 10.3 Å². The van der Waals surface area contributed by atoms with Crippen LogP contribution in [0.4, 0.5) is 0 Å². The zero-order valence-corrected chi connectivity index (χ0v) is 15.6. The third-order valence-corrected chi connectivity index (χ3v) is 5.60. The third-order valence-electron chi connectivity index (χ3n) is 5.60. The molecule has 1 aliphatic carbocycles. The van der Waals surface area contributed by atoms with Crippen molar-refractivity contribution in [3.8, 4) is 0 Å². The lowest BCUT2D eigenvalue weighted by atomic mass is 9.86. The summed E-state index contributed by atoms with van der Waals surface area (Å²) in [6.45, 7) is 3.62. The van der Waals surface area contributed by atoms with Gasteiger partial charge < -0.3 is 10.2 Å². The highest BCUT2D eigenvalue weighted by molar-refractivity contribution is 5.93. The van der Waals surface area contributed by atoms with Crippen molar-refractivity contribution in [3.63, 3.8) is 0 Å². The highest BCUT2D eigenvalue weighted by Crippen LogP contribution is 2.32. The zero-order chi connectivity index (χ0) is 18.9. The number of piperidine rings is 1. The SMILES string of the molecule is Cc1cccc(C(=O)N2CCC(C(=O)NCC3CC3)(n3cccn3)CC2)n1. The van der Waals surface area contributed by atoms with Crippen LogP contribution in [0.15, 0.2) is 36.7 Å². The van der Waals surface area contributed by atoms with Crippen LogP contribution < -0.4 is 5.32 Å². The van der Waals surface area contributed by atoms with E-state index in [0.717, 1.165) is 12.2 Å². The number of hydrogen-bond acceptors (Lipinski definition) is 4. The van der Waals surface area contributed by atoms with E-state index in [0.29, 0.717) is 37.5 Å². The van der Waals surface area contributed by atoms with E-state index >= 15 is 0 Å². The van der Waals surface area contributed by atoms with Crippen molar-refractivity contribution in [3.05, 3.63) is 48.0 Å². The van der Waals surface area contributed by atoms with E-state index in [-0.39, 0.29) is 11.8 Å². The molecule has 27 heavy (non-hydrogen) atoms. The van der Waals surface area contributed by atoms with Gasteiger partial charge in [-0.1, -0.05) is 6.07 Å². The summed E-state index contributed by atoms with van der Waals surface area (Å²) in [7, 11) is 0. The molecule has 3 heterocycles. The van der Waals surface area contributed by atoms with Gasteiger partial charge in [0.15, 0.2) is 0 Å². The molecule has 0 spiro atoms. The van der Waals surface area contributed by atoms with Gasteiger partial charge in [0, 0.05) is 37.7 Å². The molecule has 142 valence electrons. The maximum Gasteiger partial charge on any atom is 0.272 e. The molecule has 0 aromatic carbocycles. The molecule has 1 aliphatic heterocycles. The highest BCUT2D eigenvalue weighted by Gasteiger charge is 2.45. The number of nitrogens with zero attached hydrogens (tertiary/aromatic N) is 4. The molecule has 7 nitrogen and oxygen atoms in total. The second-order valence-corrected chi connectivity index (χ2v) is 7.59. The number of carbonyl (C=O) groups is 2. The Bertz CT molecular complexity index is 821. The number of carbonyl (C=O) groups excluding carboxylic acids is 2. The summed E-state index contributed by atoms with van der Waals surface area (Å²) in [5, 5.41) is 7.47. The number of nitrogens with one attached hydrogen (secondary N) is 1. The van der Waals surface area contributed by atoms with Gasteiger partial charge in [-0.25, -0.2) is 4.98 Å². The van der Waals surface area contributed by atoms with Crippen molar-refractivity contribution in [2.75, 3.05) is 19.6 Å². The molecular weight excluding hydrogens is 342 g/mol. The largest absolute Gasteiger partial charge is 0.354 e. The maximum absolute atomic E-state index is 13.1. The number of likely N-dealkylation sites (tertiary alicyclic amines) is 1. The van der Waals surface area contributed by atoms with E-state index < -0.39 is 5.54 Å². The number of aromatic nitrogens is 3. The molecule has 4 rings (SSSR count). The van der Waals surface area contributed by atoms with Crippen molar-refractivity contribution >= 4 is 11.8 Å². The lowest BCUT2D eigenvalue weighted by molar-refractivity contribution is -0.133. The predicted molar refractivity (Wildman–Crippen MR) is 100 cm³/mol. The molecule has 2 aliphatic rings. The average Bonchev–Trinajstić information content (AvgIpc) is 3.36.